The summed E-state index contributed by atoms with van der Waals surface area (Å²) in [6.07, 6.45) is 0. The van der Waals surface area contributed by atoms with Crippen molar-refractivity contribution in [1.82, 2.24) is 20.2 Å². The molecule has 0 unspecified atom stereocenters. The van der Waals surface area contributed by atoms with Crippen LogP contribution in [0.3, 0.4) is 0 Å². The number of hydrogen-bond acceptors (Lipinski definition) is 6. The summed E-state index contributed by atoms with van der Waals surface area (Å²) in [5.74, 6) is 0.161. The van der Waals surface area contributed by atoms with Crippen LogP contribution in [-0.2, 0) is 0 Å². The third-order valence-corrected chi connectivity index (χ3v) is 3.32. The van der Waals surface area contributed by atoms with E-state index in [0.717, 1.165) is 0 Å². The number of oxazole rings is 1. The first-order valence-corrected chi connectivity index (χ1v) is 6.97. The van der Waals surface area contributed by atoms with E-state index in [-0.39, 0.29) is 5.82 Å². The lowest BCUT2D eigenvalue weighted by Gasteiger charge is -2.04. The Hall–Kier alpha value is -3.35. The third kappa shape index (κ3) is 2.48. The third-order valence-electron chi connectivity index (χ3n) is 3.32. The summed E-state index contributed by atoms with van der Waals surface area (Å²) in [5.41, 5.74) is 3.20. The quantitative estimate of drug-likeness (QED) is 0.612. The normalized spacial score (nSPS) is 11.0. The minimum atomic E-state index is -0.428. The van der Waals surface area contributed by atoms with Crippen LogP contribution in [-0.4, -0.2) is 26.1 Å². The summed E-state index contributed by atoms with van der Waals surface area (Å²) in [7, 11) is 0. The van der Waals surface area contributed by atoms with Gasteiger partial charge in [-0.15, -0.1) is 10.2 Å². The average molecular weight is 305 g/mol. The van der Waals surface area contributed by atoms with Crippen LogP contribution in [0, 0.1) is 6.92 Å². The molecule has 7 nitrogen and oxygen atoms in total. The predicted octanol–water partition coefficient (Wildman–Crippen LogP) is 2.73. The zero-order chi connectivity index (χ0) is 15.8. The monoisotopic (exact) mass is 305 g/mol. The molecule has 0 spiro atoms. The van der Waals surface area contributed by atoms with Gasteiger partial charge in [0, 0.05) is 12.6 Å². The van der Waals surface area contributed by atoms with Gasteiger partial charge >= 0.3 is 0 Å². The number of benzene rings is 2. The molecule has 4 aromatic rings. The Kier molecular flexibility index (Phi) is 2.97. The van der Waals surface area contributed by atoms with Crippen molar-refractivity contribution in [3.05, 3.63) is 54.2 Å². The van der Waals surface area contributed by atoms with E-state index in [4.69, 9.17) is 4.42 Å². The highest BCUT2D eigenvalue weighted by Crippen LogP contribution is 2.20. The van der Waals surface area contributed by atoms with Gasteiger partial charge in [0.2, 0.25) is 5.82 Å². The molecule has 0 atom stereocenters. The van der Waals surface area contributed by atoms with E-state index in [2.05, 4.69) is 25.5 Å². The maximum Gasteiger partial charge on any atom is 0.295 e. The van der Waals surface area contributed by atoms with Crippen molar-refractivity contribution < 1.29 is 9.21 Å². The molecule has 23 heavy (non-hydrogen) atoms. The Labute approximate surface area is 130 Å². The highest BCUT2D eigenvalue weighted by Gasteiger charge is 2.12. The molecular weight excluding hydrogens is 294 g/mol. The van der Waals surface area contributed by atoms with Crippen molar-refractivity contribution in [2.24, 2.45) is 0 Å². The fourth-order valence-electron chi connectivity index (χ4n) is 2.28. The number of hydrogen-bond donors (Lipinski definition) is 1. The molecule has 0 saturated carbocycles. The summed E-state index contributed by atoms with van der Waals surface area (Å²) in [5, 5.41) is 10.6. The second kappa shape index (κ2) is 5.13. The van der Waals surface area contributed by atoms with Crippen molar-refractivity contribution in [2.75, 3.05) is 5.32 Å². The molecule has 2 heterocycles. The van der Waals surface area contributed by atoms with Crippen LogP contribution in [0.25, 0.3) is 22.1 Å². The van der Waals surface area contributed by atoms with Gasteiger partial charge in [0.15, 0.2) is 11.5 Å². The van der Waals surface area contributed by atoms with Crippen molar-refractivity contribution in [2.45, 2.75) is 6.92 Å². The Bertz CT molecular complexity index is 1040. The maximum atomic E-state index is 12.3. The molecule has 0 aliphatic rings. The second-order valence-corrected chi connectivity index (χ2v) is 4.99. The predicted molar refractivity (Wildman–Crippen MR) is 84.0 cm³/mol. The molecule has 0 bridgehead atoms. The number of fused-ring (bicyclic) bond motifs is 2. The van der Waals surface area contributed by atoms with E-state index in [1.807, 2.05) is 12.1 Å². The number of para-hydroxylation sites is 1. The van der Waals surface area contributed by atoms with Crippen LogP contribution in [0.4, 0.5) is 5.69 Å². The summed E-state index contributed by atoms with van der Waals surface area (Å²) in [6.45, 7) is 1.77. The van der Waals surface area contributed by atoms with Gasteiger partial charge in [-0.3, -0.25) is 4.79 Å². The zero-order valence-corrected chi connectivity index (χ0v) is 12.1. The first-order chi connectivity index (χ1) is 11.2. The Morgan fingerprint density at radius 1 is 1.00 bits per heavy atom. The largest absolute Gasteiger partial charge is 0.441 e. The standard InChI is InChI=1S/C16H11N5O2/c1-9-17-13-8-10(6-7-14(13)23-9)18-16(22)15-19-11-4-2-3-5-12(11)20-21-15/h2-8H,1H3,(H,18,22). The summed E-state index contributed by atoms with van der Waals surface area (Å²) in [4.78, 5) is 20.7. The van der Waals surface area contributed by atoms with Gasteiger partial charge in [0.1, 0.15) is 11.0 Å². The number of aryl methyl sites for hydroxylation is 1. The Morgan fingerprint density at radius 2 is 1.83 bits per heavy atom. The van der Waals surface area contributed by atoms with Gasteiger partial charge < -0.3 is 9.73 Å². The number of carbonyl (C=O) groups excluding carboxylic acids is 1. The van der Waals surface area contributed by atoms with Crippen molar-refractivity contribution >= 4 is 33.7 Å². The van der Waals surface area contributed by atoms with Crippen LogP contribution in [0.2, 0.25) is 0 Å². The molecule has 1 amide bonds. The molecular formula is C16H11N5O2. The fourth-order valence-corrected chi connectivity index (χ4v) is 2.28. The molecule has 2 aromatic carbocycles. The first kappa shape index (κ1) is 13.3. The number of anilines is 1. The summed E-state index contributed by atoms with van der Waals surface area (Å²) >= 11 is 0. The van der Waals surface area contributed by atoms with Gasteiger partial charge in [0.05, 0.1) is 5.52 Å². The lowest BCUT2D eigenvalue weighted by molar-refractivity contribution is 0.101. The number of nitrogens with one attached hydrogen (secondary N) is 1. The average Bonchev–Trinajstić information content (AvgIpc) is 2.93. The van der Waals surface area contributed by atoms with E-state index in [9.17, 15) is 4.79 Å². The number of nitrogens with zero attached hydrogens (tertiary/aromatic N) is 4. The van der Waals surface area contributed by atoms with E-state index >= 15 is 0 Å². The van der Waals surface area contributed by atoms with Crippen molar-refractivity contribution in [3.8, 4) is 0 Å². The molecule has 1 N–H and O–H groups in total. The van der Waals surface area contributed by atoms with E-state index in [1.165, 1.54) is 0 Å². The molecule has 112 valence electrons. The summed E-state index contributed by atoms with van der Waals surface area (Å²) in [6, 6.07) is 12.5. The highest BCUT2D eigenvalue weighted by molar-refractivity contribution is 6.02. The molecule has 0 saturated heterocycles. The topological polar surface area (TPSA) is 93.8 Å². The SMILES string of the molecule is Cc1nc2cc(NC(=O)c3nnc4ccccc4n3)ccc2o1. The van der Waals surface area contributed by atoms with Crippen LogP contribution >= 0.6 is 0 Å². The number of aromatic nitrogens is 4. The van der Waals surface area contributed by atoms with Gasteiger partial charge in [-0.2, -0.15) is 0 Å². The molecule has 0 aliphatic carbocycles. The van der Waals surface area contributed by atoms with Gasteiger partial charge in [0.25, 0.3) is 5.91 Å². The Morgan fingerprint density at radius 3 is 2.70 bits per heavy atom. The smallest absolute Gasteiger partial charge is 0.295 e. The van der Waals surface area contributed by atoms with Gasteiger partial charge in [-0.05, 0) is 30.3 Å². The van der Waals surface area contributed by atoms with Crippen molar-refractivity contribution in [1.29, 1.82) is 0 Å². The lowest BCUT2D eigenvalue weighted by Crippen LogP contribution is -2.16. The molecule has 2 aromatic heterocycles. The van der Waals surface area contributed by atoms with Crippen LogP contribution in [0.1, 0.15) is 16.5 Å². The molecule has 0 aliphatic heterocycles. The minimum absolute atomic E-state index is 0.0140. The van der Waals surface area contributed by atoms with Gasteiger partial charge in [-0.25, -0.2) is 9.97 Å². The van der Waals surface area contributed by atoms with Crippen LogP contribution in [0.15, 0.2) is 46.9 Å². The van der Waals surface area contributed by atoms with Gasteiger partial charge in [-0.1, -0.05) is 12.1 Å². The minimum Gasteiger partial charge on any atom is -0.441 e. The van der Waals surface area contributed by atoms with E-state index in [1.54, 1.807) is 37.3 Å². The molecule has 0 fully saturated rings. The van der Waals surface area contributed by atoms with Crippen LogP contribution < -0.4 is 5.32 Å². The second-order valence-electron chi connectivity index (χ2n) is 4.99. The van der Waals surface area contributed by atoms with Crippen LogP contribution in [0.5, 0.6) is 0 Å². The molecule has 0 radical (unpaired) electrons. The number of carbonyl (C=O) groups is 1. The Balaban J connectivity index is 1.64. The fraction of sp³-hybridized carbons (Fsp3) is 0.0625. The summed E-state index contributed by atoms with van der Waals surface area (Å²) < 4.78 is 5.40. The maximum absolute atomic E-state index is 12.3. The number of rotatable bonds is 2. The highest BCUT2D eigenvalue weighted by atomic mass is 16.3. The van der Waals surface area contributed by atoms with E-state index < -0.39 is 5.91 Å². The number of amides is 1. The van der Waals surface area contributed by atoms with E-state index in [0.29, 0.717) is 33.7 Å². The molecule has 4 rings (SSSR count). The lowest BCUT2D eigenvalue weighted by atomic mass is 10.3. The zero-order valence-electron chi connectivity index (χ0n) is 12.1. The first-order valence-electron chi connectivity index (χ1n) is 6.97. The molecule has 7 heteroatoms. The van der Waals surface area contributed by atoms with Crippen molar-refractivity contribution in [3.63, 3.8) is 0 Å².